The fourth-order valence-corrected chi connectivity index (χ4v) is 4.40. The van der Waals surface area contributed by atoms with Crippen molar-refractivity contribution in [1.29, 1.82) is 0 Å². The molecule has 0 amide bonds. The van der Waals surface area contributed by atoms with Gasteiger partial charge in [-0.2, -0.15) is 0 Å². The molecule has 2 nitrogen and oxygen atoms in total. The number of aliphatic hydroxyl groups is 1. The molecule has 3 heteroatoms. The highest BCUT2D eigenvalue weighted by Crippen LogP contribution is 2.40. The van der Waals surface area contributed by atoms with Crippen molar-refractivity contribution in [2.45, 2.75) is 37.8 Å². The number of hydrogen-bond donors (Lipinski definition) is 1. The first kappa shape index (κ1) is 16.7. The summed E-state index contributed by atoms with van der Waals surface area (Å²) in [6, 6.07) is 19.7. The largest absolute Gasteiger partial charge is 0.395 e. The Kier molecular flexibility index (Phi) is 5.87. The lowest BCUT2D eigenvalue weighted by Gasteiger charge is -2.33. The first-order chi connectivity index (χ1) is 11.3. The lowest BCUT2D eigenvalue weighted by Crippen LogP contribution is -2.38. The van der Waals surface area contributed by atoms with Crippen LogP contribution in [-0.4, -0.2) is 29.2 Å². The van der Waals surface area contributed by atoms with Crippen LogP contribution in [0.3, 0.4) is 0 Å². The maximum atomic E-state index is 9.54. The summed E-state index contributed by atoms with van der Waals surface area (Å²) in [5, 5.41) is 9.54. The maximum absolute atomic E-state index is 9.54. The quantitative estimate of drug-likeness (QED) is 0.800. The minimum absolute atomic E-state index is 0.214. The number of benzene rings is 2. The second-order valence-electron chi connectivity index (χ2n) is 6.31. The summed E-state index contributed by atoms with van der Waals surface area (Å²) in [4.78, 5) is 2.46. The van der Waals surface area contributed by atoms with E-state index < -0.39 is 0 Å². The molecule has 0 aromatic heterocycles. The molecule has 0 unspecified atom stereocenters. The van der Waals surface area contributed by atoms with Gasteiger partial charge >= 0.3 is 0 Å². The molecule has 23 heavy (non-hydrogen) atoms. The summed E-state index contributed by atoms with van der Waals surface area (Å²) < 4.78 is 1.21. The second kappa shape index (κ2) is 8.09. The van der Waals surface area contributed by atoms with Crippen molar-refractivity contribution in [2.24, 2.45) is 0 Å². The Morgan fingerprint density at radius 3 is 2.48 bits per heavy atom. The lowest BCUT2D eigenvalue weighted by molar-refractivity contribution is 0.135. The van der Waals surface area contributed by atoms with Gasteiger partial charge in [-0.15, -0.1) is 0 Å². The maximum Gasteiger partial charge on any atom is 0.0558 e. The third-order valence-electron chi connectivity index (χ3n) is 4.87. The van der Waals surface area contributed by atoms with E-state index in [0.717, 1.165) is 13.1 Å². The standard InChI is InChI=1S/C20H24BrNO/c21-19-11-5-4-9-17(19)18-10-6-12-20(18)22(13-14-23)15-16-7-2-1-3-8-16/h1-5,7-9,11,18,20,23H,6,10,12-15H2/t18-,20+/m0/s1. The average molecular weight is 374 g/mol. The Morgan fingerprint density at radius 1 is 1.00 bits per heavy atom. The van der Waals surface area contributed by atoms with Gasteiger partial charge in [0.1, 0.15) is 0 Å². The monoisotopic (exact) mass is 373 g/mol. The zero-order valence-electron chi connectivity index (χ0n) is 13.4. The summed E-state index contributed by atoms with van der Waals surface area (Å²) in [7, 11) is 0. The van der Waals surface area contributed by atoms with E-state index in [1.54, 1.807) is 0 Å². The van der Waals surface area contributed by atoms with E-state index in [1.165, 1.54) is 34.9 Å². The zero-order valence-corrected chi connectivity index (χ0v) is 15.0. The minimum Gasteiger partial charge on any atom is -0.395 e. The van der Waals surface area contributed by atoms with Crippen LogP contribution in [0.4, 0.5) is 0 Å². The molecule has 0 saturated heterocycles. The summed E-state index contributed by atoms with van der Waals surface area (Å²) in [6.07, 6.45) is 3.69. The normalized spacial score (nSPS) is 21.0. The second-order valence-corrected chi connectivity index (χ2v) is 7.16. The van der Waals surface area contributed by atoms with Gasteiger partial charge in [-0.05, 0) is 30.0 Å². The van der Waals surface area contributed by atoms with E-state index in [4.69, 9.17) is 0 Å². The van der Waals surface area contributed by atoms with Crippen molar-refractivity contribution in [1.82, 2.24) is 4.90 Å². The van der Waals surface area contributed by atoms with Gasteiger partial charge in [-0.25, -0.2) is 0 Å². The Bertz CT molecular complexity index is 616. The van der Waals surface area contributed by atoms with Gasteiger partial charge in [0.25, 0.3) is 0 Å². The highest BCUT2D eigenvalue weighted by Gasteiger charge is 2.33. The number of aliphatic hydroxyl groups excluding tert-OH is 1. The first-order valence-electron chi connectivity index (χ1n) is 8.43. The molecule has 122 valence electrons. The molecule has 2 aromatic carbocycles. The molecular weight excluding hydrogens is 350 g/mol. The molecule has 0 spiro atoms. The van der Waals surface area contributed by atoms with Gasteiger partial charge in [-0.3, -0.25) is 4.90 Å². The molecule has 1 N–H and O–H groups in total. The molecular formula is C20H24BrNO. The summed E-state index contributed by atoms with van der Waals surface area (Å²) in [5.74, 6) is 0.542. The SMILES string of the molecule is OCCN(Cc1ccccc1)[C@@H]1CCC[C@H]1c1ccccc1Br. The van der Waals surface area contributed by atoms with Gasteiger partial charge in [0, 0.05) is 29.5 Å². The van der Waals surface area contributed by atoms with Crippen LogP contribution in [-0.2, 0) is 6.54 Å². The van der Waals surface area contributed by atoms with Gasteiger partial charge in [0.05, 0.1) is 6.61 Å². The molecule has 2 atom stereocenters. The van der Waals surface area contributed by atoms with E-state index in [9.17, 15) is 5.11 Å². The molecule has 0 heterocycles. The predicted octanol–water partition coefficient (Wildman–Crippen LogP) is 4.58. The fourth-order valence-electron chi connectivity index (χ4n) is 3.82. The topological polar surface area (TPSA) is 23.5 Å². The van der Waals surface area contributed by atoms with E-state index >= 15 is 0 Å². The Balaban J connectivity index is 1.82. The Morgan fingerprint density at radius 2 is 1.74 bits per heavy atom. The molecule has 0 aliphatic heterocycles. The van der Waals surface area contributed by atoms with Crippen molar-refractivity contribution < 1.29 is 5.11 Å². The van der Waals surface area contributed by atoms with Crippen LogP contribution >= 0.6 is 15.9 Å². The van der Waals surface area contributed by atoms with Crippen LogP contribution in [0.5, 0.6) is 0 Å². The van der Waals surface area contributed by atoms with Crippen LogP contribution in [0.15, 0.2) is 59.1 Å². The third-order valence-corrected chi connectivity index (χ3v) is 5.59. The van der Waals surface area contributed by atoms with Crippen LogP contribution in [0.1, 0.15) is 36.3 Å². The van der Waals surface area contributed by atoms with Crippen molar-refractivity contribution >= 4 is 15.9 Å². The highest BCUT2D eigenvalue weighted by molar-refractivity contribution is 9.10. The summed E-state index contributed by atoms with van der Waals surface area (Å²) in [6.45, 7) is 1.86. The molecule has 0 bridgehead atoms. The number of hydrogen-bond acceptors (Lipinski definition) is 2. The minimum atomic E-state index is 0.214. The fraction of sp³-hybridized carbons (Fsp3) is 0.400. The Hall–Kier alpha value is -1.16. The van der Waals surface area contributed by atoms with Crippen molar-refractivity contribution in [3.8, 4) is 0 Å². The van der Waals surface area contributed by atoms with Crippen LogP contribution in [0.2, 0.25) is 0 Å². The average Bonchev–Trinajstić information content (AvgIpc) is 3.05. The Labute approximate surface area is 147 Å². The van der Waals surface area contributed by atoms with Crippen LogP contribution in [0.25, 0.3) is 0 Å². The van der Waals surface area contributed by atoms with Gasteiger partial charge in [0.15, 0.2) is 0 Å². The zero-order chi connectivity index (χ0) is 16.1. The van der Waals surface area contributed by atoms with Crippen LogP contribution in [0, 0.1) is 0 Å². The number of rotatable bonds is 6. The summed E-state index contributed by atoms with van der Waals surface area (Å²) in [5.41, 5.74) is 2.73. The van der Waals surface area contributed by atoms with Crippen molar-refractivity contribution in [2.75, 3.05) is 13.2 Å². The summed E-state index contributed by atoms with van der Waals surface area (Å²) >= 11 is 3.72. The van der Waals surface area contributed by atoms with E-state index in [0.29, 0.717) is 12.0 Å². The lowest BCUT2D eigenvalue weighted by atomic mass is 9.92. The molecule has 2 aromatic rings. The van der Waals surface area contributed by atoms with Crippen LogP contribution < -0.4 is 0 Å². The highest BCUT2D eigenvalue weighted by atomic mass is 79.9. The number of nitrogens with zero attached hydrogens (tertiary/aromatic N) is 1. The van der Waals surface area contributed by atoms with Gasteiger partial charge in [0.2, 0.25) is 0 Å². The van der Waals surface area contributed by atoms with Gasteiger partial charge in [-0.1, -0.05) is 70.9 Å². The van der Waals surface area contributed by atoms with Crippen molar-refractivity contribution in [3.05, 3.63) is 70.2 Å². The van der Waals surface area contributed by atoms with E-state index in [2.05, 4.69) is 75.4 Å². The van der Waals surface area contributed by atoms with Gasteiger partial charge < -0.3 is 5.11 Å². The molecule has 0 radical (unpaired) electrons. The van der Waals surface area contributed by atoms with E-state index in [-0.39, 0.29) is 6.61 Å². The molecule has 1 aliphatic rings. The molecule has 3 rings (SSSR count). The predicted molar refractivity (Wildman–Crippen MR) is 98.5 cm³/mol. The molecule has 1 fully saturated rings. The third kappa shape index (κ3) is 4.03. The molecule has 1 saturated carbocycles. The first-order valence-corrected chi connectivity index (χ1v) is 9.22. The van der Waals surface area contributed by atoms with E-state index in [1.807, 2.05) is 0 Å². The smallest absolute Gasteiger partial charge is 0.0558 e. The molecule has 1 aliphatic carbocycles. The van der Waals surface area contributed by atoms with Crippen molar-refractivity contribution in [3.63, 3.8) is 0 Å². The number of halogens is 1.